The zero-order valence-corrected chi connectivity index (χ0v) is 12.1. The number of amides is 1. The van der Waals surface area contributed by atoms with Crippen LogP contribution in [0, 0.1) is 11.3 Å². The van der Waals surface area contributed by atoms with Crippen molar-refractivity contribution in [2.45, 2.75) is 6.42 Å². The fourth-order valence-electron chi connectivity index (χ4n) is 1.54. The second-order valence-corrected chi connectivity index (χ2v) is 4.30. The van der Waals surface area contributed by atoms with Crippen LogP contribution in [0.3, 0.4) is 0 Å². The summed E-state index contributed by atoms with van der Waals surface area (Å²) in [7, 11) is 1.25. The zero-order chi connectivity index (χ0) is 16.4. The number of hydrogen-bond acceptors (Lipinski definition) is 6. The molecule has 1 amide bonds. The van der Waals surface area contributed by atoms with Crippen LogP contribution in [0.25, 0.3) is 0 Å². The van der Waals surface area contributed by atoms with Crippen LogP contribution >= 0.6 is 0 Å². The van der Waals surface area contributed by atoms with Crippen molar-refractivity contribution >= 4 is 11.9 Å². The van der Waals surface area contributed by atoms with E-state index in [0.717, 1.165) is 5.56 Å². The highest BCUT2D eigenvalue weighted by molar-refractivity contribution is 5.97. The van der Waals surface area contributed by atoms with Gasteiger partial charge in [0.05, 0.1) is 7.11 Å². The summed E-state index contributed by atoms with van der Waals surface area (Å²) >= 11 is 0. The van der Waals surface area contributed by atoms with E-state index >= 15 is 0 Å². The van der Waals surface area contributed by atoms with Gasteiger partial charge in [0, 0.05) is 12.7 Å². The molecule has 0 saturated heterocycles. The van der Waals surface area contributed by atoms with E-state index in [1.54, 1.807) is 30.3 Å². The quantitative estimate of drug-likeness (QED) is 0.377. The van der Waals surface area contributed by atoms with E-state index in [2.05, 4.69) is 15.4 Å². The summed E-state index contributed by atoms with van der Waals surface area (Å²) in [5, 5.41) is 23.2. The van der Waals surface area contributed by atoms with E-state index in [1.165, 1.54) is 13.3 Å². The van der Waals surface area contributed by atoms with Crippen LogP contribution in [0.5, 0.6) is 5.75 Å². The summed E-state index contributed by atoms with van der Waals surface area (Å²) < 4.78 is 4.42. The van der Waals surface area contributed by atoms with Crippen molar-refractivity contribution in [3.05, 3.63) is 41.6 Å². The highest BCUT2D eigenvalue weighted by atomic mass is 16.5. The number of phenols is 1. The molecule has 0 bridgehead atoms. The Hall–Kier alpha value is -3.01. The molecule has 1 aromatic carbocycles. The molecular formula is C15H17N3O4. The number of carbonyl (C=O) groups is 2. The van der Waals surface area contributed by atoms with Crippen molar-refractivity contribution < 1.29 is 19.4 Å². The lowest BCUT2D eigenvalue weighted by molar-refractivity contribution is -0.139. The van der Waals surface area contributed by atoms with Crippen molar-refractivity contribution in [1.82, 2.24) is 10.6 Å². The minimum atomic E-state index is -0.529. The molecule has 0 fully saturated rings. The third-order valence-corrected chi connectivity index (χ3v) is 2.72. The van der Waals surface area contributed by atoms with Crippen LogP contribution < -0.4 is 10.6 Å². The molecule has 0 radical (unpaired) electrons. The number of carbonyl (C=O) groups excluding carboxylic acids is 2. The number of phenolic OH excluding ortho intramolecular Hbond substituents is 1. The van der Waals surface area contributed by atoms with Gasteiger partial charge in [-0.3, -0.25) is 9.59 Å². The van der Waals surface area contributed by atoms with Crippen LogP contribution in [0.15, 0.2) is 36.0 Å². The third-order valence-electron chi connectivity index (χ3n) is 2.72. The Morgan fingerprint density at radius 2 is 2.05 bits per heavy atom. The van der Waals surface area contributed by atoms with Gasteiger partial charge in [0.25, 0.3) is 5.91 Å². The molecule has 7 nitrogen and oxygen atoms in total. The van der Waals surface area contributed by atoms with Crippen LogP contribution in [0.1, 0.15) is 5.56 Å². The Kier molecular flexibility index (Phi) is 6.99. The minimum absolute atomic E-state index is 0.123. The van der Waals surface area contributed by atoms with Crippen LogP contribution in [0.4, 0.5) is 0 Å². The predicted octanol–water partition coefficient (Wildman–Crippen LogP) is 0.221. The molecular weight excluding hydrogens is 286 g/mol. The standard InChI is InChI=1S/C15H17N3O4/c1-22-14(20)10-17-9-12(8-16)15(21)18-7-6-11-2-4-13(19)5-3-11/h2-5,9,17,19H,6-7,10H2,1H3,(H,18,21)/b12-9-. The van der Waals surface area contributed by atoms with Crippen LogP contribution in [-0.2, 0) is 20.7 Å². The highest BCUT2D eigenvalue weighted by Gasteiger charge is 2.08. The number of methoxy groups -OCH3 is 1. The van der Waals surface area contributed by atoms with Crippen LogP contribution in [-0.4, -0.2) is 37.2 Å². The summed E-state index contributed by atoms with van der Waals surface area (Å²) in [5.41, 5.74) is 0.819. The smallest absolute Gasteiger partial charge is 0.325 e. The maximum atomic E-state index is 11.8. The maximum Gasteiger partial charge on any atom is 0.325 e. The Morgan fingerprint density at radius 3 is 2.64 bits per heavy atom. The third kappa shape index (κ3) is 5.96. The largest absolute Gasteiger partial charge is 0.508 e. The first-order chi connectivity index (χ1) is 10.6. The molecule has 1 aromatic rings. The summed E-state index contributed by atoms with van der Waals surface area (Å²) in [5.74, 6) is -0.848. The summed E-state index contributed by atoms with van der Waals surface area (Å²) in [4.78, 5) is 22.7. The lowest BCUT2D eigenvalue weighted by atomic mass is 10.1. The Labute approximate surface area is 128 Å². The average molecular weight is 303 g/mol. The number of benzene rings is 1. The van der Waals surface area contributed by atoms with E-state index in [1.807, 2.05) is 0 Å². The number of rotatable bonds is 7. The second kappa shape index (κ2) is 9.02. The number of aromatic hydroxyl groups is 1. The Balaban J connectivity index is 2.41. The van der Waals surface area contributed by atoms with Gasteiger partial charge in [-0.25, -0.2) is 0 Å². The van der Waals surface area contributed by atoms with Gasteiger partial charge in [0.1, 0.15) is 23.9 Å². The fourth-order valence-corrected chi connectivity index (χ4v) is 1.54. The van der Waals surface area contributed by atoms with Crippen molar-refractivity contribution in [1.29, 1.82) is 5.26 Å². The van der Waals surface area contributed by atoms with Gasteiger partial charge in [-0.1, -0.05) is 12.1 Å². The van der Waals surface area contributed by atoms with Gasteiger partial charge in [-0.15, -0.1) is 0 Å². The monoisotopic (exact) mass is 303 g/mol. The minimum Gasteiger partial charge on any atom is -0.508 e. The SMILES string of the molecule is COC(=O)CN/C=C(/C#N)C(=O)NCCc1ccc(O)cc1. The topological polar surface area (TPSA) is 111 Å². The van der Waals surface area contributed by atoms with E-state index in [9.17, 15) is 9.59 Å². The van der Waals surface area contributed by atoms with E-state index in [4.69, 9.17) is 10.4 Å². The maximum absolute atomic E-state index is 11.8. The van der Waals surface area contributed by atoms with Gasteiger partial charge < -0.3 is 20.5 Å². The molecule has 0 aliphatic carbocycles. The van der Waals surface area contributed by atoms with Crippen molar-refractivity contribution in [3.8, 4) is 11.8 Å². The van der Waals surface area contributed by atoms with Crippen molar-refractivity contribution in [3.63, 3.8) is 0 Å². The fraction of sp³-hybridized carbons (Fsp3) is 0.267. The Bertz CT molecular complexity index is 588. The number of nitriles is 1. The van der Waals surface area contributed by atoms with Gasteiger partial charge in [0.2, 0.25) is 0 Å². The molecule has 3 N–H and O–H groups in total. The normalized spacial score (nSPS) is 10.5. The zero-order valence-electron chi connectivity index (χ0n) is 12.1. The number of nitrogens with zero attached hydrogens (tertiary/aromatic N) is 1. The first-order valence-corrected chi connectivity index (χ1v) is 6.53. The molecule has 7 heteroatoms. The van der Waals surface area contributed by atoms with E-state index < -0.39 is 11.9 Å². The number of hydrogen-bond donors (Lipinski definition) is 3. The number of nitrogens with one attached hydrogen (secondary N) is 2. The molecule has 0 aromatic heterocycles. The molecule has 0 spiro atoms. The summed E-state index contributed by atoms with van der Waals surface area (Å²) in [6, 6.07) is 8.38. The van der Waals surface area contributed by atoms with Crippen LogP contribution in [0.2, 0.25) is 0 Å². The predicted molar refractivity (Wildman–Crippen MR) is 78.5 cm³/mol. The molecule has 116 valence electrons. The van der Waals surface area contributed by atoms with Crippen molar-refractivity contribution in [2.75, 3.05) is 20.2 Å². The lowest BCUT2D eigenvalue weighted by Crippen LogP contribution is -2.28. The first-order valence-electron chi connectivity index (χ1n) is 6.53. The van der Waals surface area contributed by atoms with Gasteiger partial charge in [0.15, 0.2) is 0 Å². The molecule has 1 rings (SSSR count). The van der Waals surface area contributed by atoms with Crippen molar-refractivity contribution in [2.24, 2.45) is 0 Å². The molecule has 0 aliphatic heterocycles. The average Bonchev–Trinajstić information content (AvgIpc) is 2.53. The van der Waals surface area contributed by atoms with E-state index in [0.29, 0.717) is 13.0 Å². The lowest BCUT2D eigenvalue weighted by Gasteiger charge is -2.05. The van der Waals surface area contributed by atoms with Gasteiger partial charge >= 0.3 is 5.97 Å². The number of esters is 1. The van der Waals surface area contributed by atoms with Gasteiger partial charge in [-0.05, 0) is 24.1 Å². The summed E-state index contributed by atoms with van der Waals surface area (Å²) in [6.45, 7) is 0.224. The second-order valence-electron chi connectivity index (χ2n) is 4.30. The van der Waals surface area contributed by atoms with E-state index in [-0.39, 0.29) is 17.9 Å². The summed E-state index contributed by atoms with van der Waals surface area (Å²) in [6.07, 6.45) is 1.74. The molecule has 0 heterocycles. The Morgan fingerprint density at radius 1 is 1.36 bits per heavy atom. The first kappa shape index (κ1) is 17.0. The number of ether oxygens (including phenoxy) is 1. The molecule has 0 atom stereocenters. The molecule has 0 aliphatic rings. The van der Waals surface area contributed by atoms with Gasteiger partial charge in [-0.2, -0.15) is 5.26 Å². The molecule has 22 heavy (non-hydrogen) atoms. The molecule has 0 saturated carbocycles. The molecule has 0 unspecified atom stereocenters. The highest BCUT2D eigenvalue weighted by Crippen LogP contribution is 2.09.